The van der Waals surface area contributed by atoms with Crippen LogP contribution in [-0.2, 0) is 0 Å². The van der Waals surface area contributed by atoms with Gasteiger partial charge >= 0.3 is 0 Å². The highest BCUT2D eigenvalue weighted by molar-refractivity contribution is 5.89. The molecule has 3 aliphatic rings. The van der Waals surface area contributed by atoms with Gasteiger partial charge in [-0.2, -0.15) is 5.26 Å². The summed E-state index contributed by atoms with van der Waals surface area (Å²) in [6, 6.07) is 8.19. The molecular formula is C23H24F2N4. The van der Waals surface area contributed by atoms with Crippen molar-refractivity contribution >= 4 is 17.1 Å². The molecule has 4 nitrogen and oxygen atoms in total. The van der Waals surface area contributed by atoms with Crippen LogP contribution in [-0.4, -0.2) is 35.1 Å². The van der Waals surface area contributed by atoms with Crippen molar-refractivity contribution in [1.29, 1.82) is 5.26 Å². The summed E-state index contributed by atoms with van der Waals surface area (Å²) in [6.45, 7) is -1.60. The first-order valence-electron chi connectivity index (χ1n) is 10.4. The lowest BCUT2D eigenvalue weighted by molar-refractivity contribution is 0.140. The smallest absolute Gasteiger partial charge is 0.163 e. The van der Waals surface area contributed by atoms with Crippen molar-refractivity contribution in [1.82, 2.24) is 9.47 Å². The van der Waals surface area contributed by atoms with Crippen LogP contribution in [0.2, 0.25) is 0 Å². The van der Waals surface area contributed by atoms with Crippen molar-refractivity contribution in [3.8, 4) is 6.07 Å². The van der Waals surface area contributed by atoms with E-state index in [-0.39, 0.29) is 0 Å². The van der Waals surface area contributed by atoms with Crippen molar-refractivity contribution in [3.05, 3.63) is 47.3 Å². The van der Waals surface area contributed by atoms with Gasteiger partial charge in [0.1, 0.15) is 19.4 Å². The van der Waals surface area contributed by atoms with E-state index in [1.54, 1.807) is 23.4 Å². The maximum Gasteiger partial charge on any atom is 0.163 e. The molecule has 0 spiro atoms. The Morgan fingerprint density at radius 2 is 1.97 bits per heavy atom. The third-order valence-corrected chi connectivity index (χ3v) is 6.54. The Balaban J connectivity index is 1.72. The highest BCUT2D eigenvalue weighted by Gasteiger charge is 2.36. The Hall–Kier alpha value is -2.68. The number of benzene rings is 1. The quantitative estimate of drug-likeness (QED) is 0.665. The zero-order chi connectivity index (χ0) is 20.0. The van der Waals surface area contributed by atoms with Gasteiger partial charge in [-0.05, 0) is 55.7 Å². The Morgan fingerprint density at radius 1 is 1.17 bits per heavy atom. The van der Waals surface area contributed by atoms with E-state index in [4.69, 9.17) is 0 Å². The van der Waals surface area contributed by atoms with Crippen molar-refractivity contribution < 1.29 is 8.78 Å². The normalized spacial score (nSPS) is 21.7. The fourth-order valence-electron chi connectivity index (χ4n) is 4.59. The van der Waals surface area contributed by atoms with E-state index >= 15 is 0 Å². The van der Waals surface area contributed by atoms with Gasteiger partial charge in [-0.15, -0.1) is 0 Å². The summed E-state index contributed by atoms with van der Waals surface area (Å²) in [7, 11) is 0. The van der Waals surface area contributed by atoms with Gasteiger partial charge in [0.2, 0.25) is 0 Å². The molecule has 1 unspecified atom stereocenters. The molecule has 0 saturated heterocycles. The van der Waals surface area contributed by atoms with Crippen LogP contribution in [0.4, 0.5) is 8.78 Å². The summed E-state index contributed by atoms with van der Waals surface area (Å²) < 4.78 is 29.4. The molecule has 1 aromatic heterocycles. The van der Waals surface area contributed by atoms with Crippen molar-refractivity contribution in [2.75, 3.05) is 13.3 Å². The van der Waals surface area contributed by atoms with Crippen LogP contribution in [0, 0.1) is 11.3 Å². The van der Waals surface area contributed by atoms with Crippen LogP contribution < -0.4 is 0 Å². The van der Waals surface area contributed by atoms with Gasteiger partial charge in [0.25, 0.3) is 0 Å². The third kappa shape index (κ3) is 2.95. The number of alkyl halides is 2. The molecule has 29 heavy (non-hydrogen) atoms. The predicted octanol–water partition coefficient (Wildman–Crippen LogP) is 5.32. The molecule has 2 fully saturated rings. The molecule has 0 radical (unpaired) electrons. The maximum atomic E-state index is 13.6. The second kappa shape index (κ2) is 7.29. The molecule has 2 aliphatic carbocycles. The van der Waals surface area contributed by atoms with E-state index < -0.39 is 25.6 Å². The minimum atomic E-state index is -0.907. The summed E-state index contributed by atoms with van der Waals surface area (Å²) in [5, 5.41) is 11.0. The van der Waals surface area contributed by atoms with Gasteiger partial charge < -0.3 is 9.47 Å². The lowest BCUT2D eigenvalue weighted by Gasteiger charge is -2.37. The first-order valence-corrected chi connectivity index (χ1v) is 10.4. The van der Waals surface area contributed by atoms with Crippen LogP contribution >= 0.6 is 0 Å². The average molecular weight is 394 g/mol. The van der Waals surface area contributed by atoms with Gasteiger partial charge in [-0.25, -0.2) is 8.78 Å². The molecule has 1 aliphatic heterocycles. The molecule has 1 atom stereocenters. The van der Waals surface area contributed by atoms with Gasteiger partial charge in [-0.1, -0.05) is 12.1 Å². The van der Waals surface area contributed by atoms with Gasteiger partial charge in [-0.3, -0.25) is 4.99 Å². The fourth-order valence-corrected chi connectivity index (χ4v) is 4.59. The number of hydrogen-bond donors (Lipinski definition) is 0. The summed E-state index contributed by atoms with van der Waals surface area (Å²) in [4.78, 5) is 6.21. The Morgan fingerprint density at radius 3 is 2.59 bits per heavy atom. The minimum absolute atomic E-state index is 0.307. The van der Waals surface area contributed by atoms with Crippen molar-refractivity contribution in [2.24, 2.45) is 4.99 Å². The van der Waals surface area contributed by atoms with E-state index in [0.29, 0.717) is 17.5 Å². The first-order chi connectivity index (χ1) is 14.3. The Bertz CT molecular complexity index is 1020. The summed E-state index contributed by atoms with van der Waals surface area (Å²) in [6.07, 6.45) is 10.2. The van der Waals surface area contributed by atoms with Gasteiger partial charge in [0, 0.05) is 23.8 Å². The summed E-state index contributed by atoms with van der Waals surface area (Å²) in [5.74, 6) is 0.618. The molecule has 0 amide bonds. The molecule has 0 N–H and O–H groups in total. The molecule has 1 aromatic carbocycles. The number of hydrogen-bond acceptors (Lipinski definition) is 3. The average Bonchev–Trinajstić information content (AvgIpc) is 3.52. The molecule has 0 bridgehead atoms. The molecule has 5 rings (SSSR count). The Kier molecular flexibility index (Phi) is 4.61. The second-order valence-electron chi connectivity index (χ2n) is 8.30. The monoisotopic (exact) mass is 394 g/mol. The number of aliphatic imine (C=N–C) groups is 1. The molecule has 6 heteroatoms. The van der Waals surface area contributed by atoms with Gasteiger partial charge in [0.15, 0.2) is 6.17 Å². The lowest BCUT2D eigenvalue weighted by atomic mass is 9.92. The van der Waals surface area contributed by atoms with Crippen LogP contribution in [0.5, 0.6) is 0 Å². The van der Waals surface area contributed by atoms with Crippen LogP contribution in [0.25, 0.3) is 10.9 Å². The van der Waals surface area contributed by atoms with E-state index in [9.17, 15) is 14.0 Å². The molecule has 2 heterocycles. The van der Waals surface area contributed by atoms with E-state index in [1.165, 1.54) is 18.4 Å². The second-order valence-corrected chi connectivity index (χ2v) is 8.30. The Labute approximate surface area is 169 Å². The van der Waals surface area contributed by atoms with Crippen LogP contribution in [0.15, 0.2) is 35.5 Å². The van der Waals surface area contributed by atoms with Gasteiger partial charge in [0.05, 0.1) is 22.8 Å². The zero-order valence-corrected chi connectivity index (χ0v) is 16.3. The molecule has 2 aromatic rings. The topological polar surface area (TPSA) is 44.3 Å². The minimum Gasteiger partial charge on any atom is -0.343 e. The van der Waals surface area contributed by atoms with Crippen molar-refractivity contribution in [3.63, 3.8) is 0 Å². The van der Waals surface area contributed by atoms with E-state index in [0.717, 1.165) is 35.9 Å². The number of halogens is 2. The fraction of sp³-hybridized carbons (Fsp3) is 0.478. The summed E-state index contributed by atoms with van der Waals surface area (Å²) in [5.41, 5.74) is 3.73. The molecule has 150 valence electrons. The number of nitrogens with zero attached hydrogens (tertiary/aromatic N) is 4. The van der Waals surface area contributed by atoms with Crippen LogP contribution in [0.3, 0.4) is 0 Å². The number of fused-ring (bicyclic) bond motifs is 1. The van der Waals surface area contributed by atoms with Crippen molar-refractivity contribution in [2.45, 2.75) is 56.3 Å². The standard InChI is InChI=1S/C23H24F2N4/c24-12-18(13-25)28-10-2-9-27-23(28)22-20(14-26)19-8-7-16(15-5-6-15)11-21(19)29(22)17-3-1-4-17/h2,7-11,15,17-18,23H,1,3-6,12-13H2. The number of aromatic nitrogens is 1. The number of rotatable bonds is 6. The molecule has 2 saturated carbocycles. The largest absolute Gasteiger partial charge is 0.343 e. The zero-order valence-electron chi connectivity index (χ0n) is 16.3. The van der Waals surface area contributed by atoms with Crippen LogP contribution in [0.1, 0.15) is 67.1 Å². The lowest BCUT2D eigenvalue weighted by Crippen LogP contribution is -2.39. The molecular weight excluding hydrogens is 370 g/mol. The third-order valence-electron chi connectivity index (χ3n) is 6.54. The SMILES string of the molecule is N#Cc1c(C2N=CC=CN2C(CF)CF)n(C2CCC2)c2cc(C3CC3)ccc12. The van der Waals surface area contributed by atoms with E-state index in [2.05, 4.69) is 33.8 Å². The summed E-state index contributed by atoms with van der Waals surface area (Å²) >= 11 is 0. The predicted molar refractivity (Wildman–Crippen MR) is 109 cm³/mol. The number of allylic oxidation sites excluding steroid dienone is 1. The highest BCUT2D eigenvalue weighted by Crippen LogP contribution is 2.46. The highest BCUT2D eigenvalue weighted by atomic mass is 19.1. The maximum absolute atomic E-state index is 13.6. The first kappa shape index (κ1) is 18.4. The number of nitriles is 1. The van der Waals surface area contributed by atoms with E-state index in [1.807, 2.05) is 0 Å².